The fraction of sp³-hybridized carbons (Fsp3) is 0.625. The Morgan fingerprint density at radius 2 is 1.95 bits per heavy atom. The topological polar surface area (TPSA) is 24.1 Å². The number of benzene rings is 1. The second-order valence-electron chi connectivity index (χ2n) is 6.13. The Labute approximate surface area is 131 Å². The van der Waals surface area contributed by atoms with Crippen molar-refractivity contribution in [1.29, 1.82) is 0 Å². The summed E-state index contributed by atoms with van der Waals surface area (Å²) in [5, 5.41) is 8.86. The summed E-state index contributed by atoms with van der Waals surface area (Å²) in [6.45, 7) is 3.16. The Morgan fingerprint density at radius 1 is 1.10 bits per heavy atom. The van der Waals surface area contributed by atoms with Crippen LogP contribution in [-0.4, -0.2) is 18.6 Å². The first-order valence-electron chi connectivity index (χ1n) is 7.60. The molecule has 1 aliphatic carbocycles. The molecule has 0 spiro atoms. The molecular formula is C16H22Cl2N2. The van der Waals surface area contributed by atoms with Crippen LogP contribution in [-0.2, 0) is 0 Å². The van der Waals surface area contributed by atoms with Crippen LogP contribution in [0, 0.1) is 12.8 Å². The van der Waals surface area contributed by atoms with Crippen LogP contribution >= 0.6 is 23.2 Å². The van der Waals surface area contributed by atoms with Crippen molar-refractivity contribution in [1.82, 2.24) is 5.32 Å². The van der Waals surface area contributed by atoms with Gasteiger partial charge in [0.05, 0.1) is 10.7 Å². The second kappa shape index (κ2) is 6.13. The Morgan fingerprint density at radius 3 is 2.70 bits per heavy atom. The minimum Gasteiger partial charge on any atom is -0.381 e. The van der Waals surface area contributed by atoms with Crippen molar-refractivity contribution in [3.63, 3.8) is 0 Å². The van der Waals surface area contributed by atoms with E-state index in [2.05, 4.69) is 10.6 Å². The molecule has 1 heterocycles. The van der Waals surface area contributed by atoms with E-state index >= 15 is 0 Å². The lowest BCUT2D eigenvalue weighted by Gasteiger charge is -2.28. The zero-order chi connectivity index (χ0) is 14.1. The SMILES string of the molecule is Cc1cc(Cl)c(NC2CCCC2C2CCCN2)cc1Cl. The van der Waals surface area contributed by atoms with Gasteiger partial charge in [-0.25, -0.2) is 0 Å². The van der Waals surface area contributed by atoms with E-state index in [-0.39, 0.29) is 0 Å². The van der Waals surface area contributed by atoms with Crippen molar-refractivity contribution in [2.45, 2.75) is 51.1 Å². The molecule has 2 aliphatic rings. The molecule has 1 aromatic rings. The first-order valence-corrected chi connectivity index (χ1v) is 8.36. The molecular weight excluding hydrogens is 291 g/mol. The predicted molar refractivity (Wildman–Crippen MR) is 87.0 cm³/mol. The number of nitrogens with one attached hydrogen (secondary N) is 2. The van der Waals surface area contributed by atoms with Crippen LogP contribution in [0.25, 0.3) is 0 Å². The summed E-state index contributed by atoms with van der Waals surface area (Å²) >= 11 is 12.6. The van der Waals surface area contributed by atoms with Crippen molar-refractivity contribution < 1.29 is 0 Å². The molecule has 1 saturated heterocycles. The van der Waals surface area contributed by atoms with Crippen molar-refractivity contribution in [3.8, 4) is 0 Å². The number of halogens is 2. The summed E-state index contributed by atoms with van der Waals surface area (Å²) in [6.07, 6.45) is 6.46. The number of aryl methyl sites for hydroxylation is 1. The highest BCUT2D eigenvalue weighted by Crippen LogP contribution is 2.36. The van der Waals surface area contributed by atoms with Crippen molar-refractivity contribution in [3.05, 3.63) is 27.7 Å². The fourth-order valence-electron chi connectivity index (χ4n) is 3.68. The van der Waals surface area contributed by atoms with Crippen LogP contribution in [0.15, 0.2) is 12.1 Å². The van der Waals surface area contributed by atoms with Crippen LogP contribution in [0.2, 0.25) is 10.0 Å². The molecule has 2 fully saturated rings. The molecule has 1 aromatic carbocycles. The van der Waals surface area contributed by atoms with Gasteiger partial charge in [-0.05, 0) is 62.8 Å². The van der Waals surface area contributed by atoms with Gasteiger partial charge in [0.2, 0.25) is 0 Å². The van der Waals surface area contributed by atoms with E-state index in [0.29, 0.717) is 18.0 Å². The molecule has 1 aliphatic heterocycles. The Bertz CT molecular complexity index is 484. The molecule has 3 unspecified atom stereocenters. The molecule has 20 heavy (non-hydrogen) atoms. The summed E-state index contributed by atoms with van der Waals surface area (Å²) in [5.41, 5.74) is 2.01. The molecule has 3 atom stereocenters. The molecule has 4 heteroatoms. The van der Waals surface area contributed by atoms with Gasteiger partial charge >= 0.3 is 0 Å². The van der Waals surface area contributed by atoms with E-state index in [9.17, 15) is 0 Å². The van der Waals surface area contributed by atoms with Gasteiger partial charge in [0.25, 0.3) is 0 Å². The largest absolute Gasteiger partial charge is 0.381 e. The quantitative estimate of drug-likeness (QED) is 0.850. The van der Waals surface area contributed by atoms with E-state index in [1.807, 2.05) is 19.1 Å². The second-order valence-corrected chi connectivity index (χ2v) is 6.94. The number of hydrogen-bond acceptors (Lipinski definition) is 2. The van der Waals surface area contributed by atoms with Crippen LogP contribution in [0.5, 0.6) is 0 Å². The van der Waals surface area contributed by atoms with Crippen molar-refractivity contribution in [2.24, 2.45) is 5.92 Å². The minimum absolute atomic E-state index is 0.516. The average molecular weight is 313 g/mol. The van der Waals surface area contributed by atoms with E-state index in [4.69, 9.17) is 23.2 Å². The lowest BCUT2D eigenvalue weighted by Crippen LogP contribution is -2.38. The number of anilines is 1. The highest BCUT2D eigenvalue weighted by molar-refractivity contribution is 6.35. The van der Waals surface area contributed by atoms with Crippen molar-refractivity contribution in [2.75, 3.05) is 11.9 Å². The minimum atomic E-state index is 0.516. The highest BCUT2D eigenvalue weighted by Gasteiger charge is 2.35. The molecule has 0 amide bonds. The molecule has 110 valence electrons. The standard InChI is InChI=1S/C16H22Cl2N2/c1-10-8-13(18)16(9-12(10)17)20-15-5-2-4-11(15)14-6-3-7-19-14/h8-9,11,14-15,19-20H,2-7H2,1H3. The number of rotatable bonds is 3. The van der Waals surface area contributed by atoms with Crippen molar-refractivity contribution >= 4 is 28.9 Å². The molecule has 2 N–H and O–H groups in total. The zero-order valence-corrected chi connectivity index (χ0v) is 13.4. The Kier molecular flexibility index (Phi) is 4.44. The normalized spacial score (nSPS) is 29.9. The Balaban J connectivity index is 1.74. The summed E-state index contributed by atoms with van der Waals surface area (Å²) in [7, 11) is 0. The first-order chi connectivity index (χ1) is 9.65. The maximum atomic E-state index is 6.35. The van der Waals surface area contributed by atoms with Gasteiger partial charge in [0, 0.05) is 17.1 Å². The zero-order valence-electron chi connectivity index (χ0n) is 11.9. The number of hydrogen-bond donors (Lipinski definition) is 2. The summed E-state index contributed by atoms with van der Waals surface area (Å²) in [5.74, 6) is 0.716. The summed E-state index contributed by atoms with van der Waals surface area (Å²) < 4.78 is 0. The maximum Gasteiger partial charge on any atom is 0.0641 e. The van der Waals surface area contributed by atoms with Gasteiger partial charge in [0.15, 0.2) is 0 Å². The fourth-order valence-corrected chi connectivity index (χ4v) is 4.12. The third kappa shape index (κ3) is 2.93. The lowest BCUT2D eigenvalue weighted by atomic mass is 9.93. The first kappa shape index (κ1) is 14.5. The summed E-state index contributed by atoms with van der Waals surface area (Å²) in [6, 6.07) is 5.11. The van der Waals surface area contributed by atoms with E-state index < -0.39 is 0 Å². The molecule has 0 aromatic heterocycles. The van der Waals surface area contributed by atoms with E-state index in [1.165, 1.54) is 38.6 Å². The molecule has 1 saturated carbocycles. The van der Waals surface area contributed by atoms with Gasteiger partial charge in [-0.1, -0.05) is 29.6 Å². The molecule has 0 bridgehead atoms. The summed E-state index contributed by atoms with van der Waals surface area (Å²) in [4.78, 5) is 0. The average Bonchev–Trinajstić information content (AvgIpc) is 3.06. The maximum absolute atomic E-state index is 6.35. The van der Waals surface area contributed by atoms with Gasteiger partial charge in [-0.15, -0.1) is 0 Å². The molecule has 2 nitrogen and oxygen atoms in total. The third-order valence-corrected chi connectivity index (χ3v) is 5.49. The molecule has 3 rings (SSSR count). The van der Waals surface area contributed by atoms with Gasteiger partial charge in [-0.2, -0.15) is 0 Å². The van der Waals surface area contributed by atoms with Crippen LogP contribution in [0.3, 0.4) is 0 Å². The highest BCUT2D eigenvalue weighted by atomic mass is 35.5. The van der Waals surface area contributed by atoms with Crippen LogP contribution < -0.4 is 10.6 Å². The van der Waals surface area contributed by atoms with Crippen LogP contribution in [0.1, 0.15) is 37.7 Å². The smallest absolute Gasteiger partial charge is 0.0641 e. The van der Waals surface area contributed by atoms with Gasteiger partial charge in [0.1, 0.15) is 0 Å². The predicted octanol–water partition coefficient (Wildman–Crippen LogP) is 4.63. The lowest BCUT2D eigenvalue weighted by molar-refractivity contribution is 0.376. The van der Waals surface area contributed by atoms with E-state index in [0.717, 1.165) is 21.3 Å². The van der Waals surface area contributed by atoms with Crippen LogP contribution in [0.4, 0.5) is 5.69 Å². The molecule has 0 radical (unpaired) electrons. The monoisotopic (exact) mass is 312 g/mol. The van der Waals surface area contributed by atoms with Gasteiger partial charge in [-0.3, -0.25) is 0 Å². The van der Waals surface area contributed by atoms with Gasteiger partial charge < -0.3 is 10.6 Å². The Hall–Kier alpha value is -0.440. The van der Waals surface area contributed by atoms with E-state index in [1.54, 1.807) is 0 Å². The third-order valence-electron chi connectivity index (χ3n) is 4.77.